The molecule has 1 rings (SSSR count). The summed E-state index contributed by atoms with van der Waals surface area (Å²) >= 11 is 0. The Labute approximate surface area is 350 Å². The first-order chi connectivity index (χ1) is 27.9. The molecule has 0 amide bonds. The number of hydrogen-bond donors (Lipinski definition) is 1. The fraction of sp³-hybridized carbons (Fsp3) is 0.896. The van der Waals surface area contributed by atoms with Crippen LogP contribution in [0.2, 0.25) is 0 Å². The summed E-state index contributed by atoms with van der Waals surface area (Å²) in [6, 6.07) is 0. The maximum Gasteiger partial charge on any atom is 0.308 e. The number of esters is 3. The summed E-state index contributed by atoms with van der Waals surface area (Å²) in [4.78, 5) is 43.5. The highest BCUT2D eigenvalue weighted by molar-refractivity contribution is 5.72. The molecule has 0 aromatic rings. The van der Waals surface area contributed by atoms with E-state index in [1.807, 2.05) is 0 Å². The van der Waals surface area contributed by atoms with Gasteiger partial charge in [-0.3, -0.25) is 19.3 Å². The summed E-state index contributed by atoms with van der Waals surface area (Å²) in [5, 5.41) is 9.19. The van der Waals surface area contributed by atoms with Gasteiger partial charge in [-0.05, 0) is 57.9 Å². The Kier molecular flexibility index (Phi) is 36.8. The van der Waals surface area contributed by atoms with Crippen molar-refractivity contribution < 1.29 is 33.7 Å². The van der Waals surface area contributed by atoms with Crippen LogP contribution in [0.3, 0.4) is 0 Å². The maximum absolute atomic E-state index is 13.4. The Hall–Kier alpha value is -1.97. The maximum atomic E-state index is 13.4. The molecule has 0 radical (unpaired) electrons. The summed E-state index contributed by atoms with van der Waals surface area (Å²) in [7, 11) is 0. The van der Waals surface area contributed by atoms with Crippen LogP contribution in [0, 0.1) is 11.8 Å². The highest BCUT2D eigenvalue weighted by atomic mass is 16.6. The predicted octanol–water partition coefficient (Wildman–Crippen LogP) is 11.0. The minimum absolute atomic E-state index is 0.0607. The molecule has 0 bridgehead atoms. The fourth-order valence-electron chi connectivity index (χ4n) is 7.56. The number of nitrogens with zero attached hydrogens (tertiary/aromatic N) is 2. The Morgan fingerprint density at radius 3 is 1.42 bits per heavy atom. The molecule has 9 nitrogen and oxygen atoms in total. The molecule has 1 fully saturated rings. The van der Waals surface area contributed by atoms with E-state index in [4.69, 9.17) is 14.2 Å². The zero-order valence-electron chi connectivity index (χ0n) is 37.5. The number of unbranched alkanes of at least 4 members (excludes halogenated alkanes) is 19. The number of allylic oxidation sites excluding steroid dienone is 2. The summed E-state index contributed by atoms with van der Waals surface area (Å²) in [6.07, 6.45) is 35.1. The fourth-order valence-corrected chi connectivity index (χ4v) is 7.56. The molecular weight excluding hydrogens is 717 g/mol. The second-order valence-electron chi connectivity index (χ2n) is 16.8. The van der Waals surface area contributed by atoms with E-state index in [1.54, 1.807) is 0 Å². The van der Waals surface area contributed by atoms with Crippen LogP contribution < -0.4 is 0 Å². The van der Waals surface area contributed by atoms with E-state index in [0.717, 1.165) is 103 Å². The third-order valence-electron chi connectivity index (χ3n) is 11.4. The SMILES string of the molecule is CCCCCCCC/C=C\CCCCCCCC(=O)OCC(COC(=O)CCCN1CCN(CCO)CC1)COC(=O)C(CCCCCC)CCCCCCCC. The van der Waals surface area contributed by atoms with E-state index in [1.165, 1.54) is 89.9 Å². The van der Waals surface area contributed by atoms with Crippen molar-refractivity contribution in [1.82, 2.24) is 9.80 Å². The number of rotatable bonds is 40. The molecule has 1 aliphatic heterocycles. The van der Waals surface area contributed by atoms with Gasteiger partial charge < -0.3 is 24.2 Å². The van der Waals surface area contributed by atoms with Gasteiger partial charge in [0, 0.05) is 45.6 Å². The lowest BCUT2D eigenvalue weighted by atomic mass is 9.94. The number of carbonyl (C=O) groups is 3. The Morgan fingerprint density at radius 2 is 0.912 bits per heavy atom. The van der Waals surface area contributed by atoms with Gasteiger partial charge in [0.1, 0.15) is 19.8 Å². The molecule has 0 aliphatic carbocycles. The molecule has 0 spiro atoms. The first-order valence-electron chi connectivity index (χ1n) is 24.1. The van der Waals surface area contributed by atoms with Crippen molar-refractivity contribution in [3.8, 4) is 0 Å². The highest BCUT2D eigenvalue weighted by Gasteiger charge is 2.23. The number of piperazine rings is 1. The Morgan fingerprint density at radius 1 is 0.509 bits per heavy atom. The van der Waals surface area contributed by atoms with E-state index >= 15 is 0 Å². The molecule has 2 unspecified atom stereocenters. The van der Waals surface area contributed by atoms with E-state index in [9.17, 15) is 19.5 Å². The monoisotopic (exact) mass is 807 g/mol. The minimum atomic E-state index is -0.398. The molecule has 1 heterocycles. The standard InChI is InChI=1S/C48H90N2O7/c1-4-7-10-13-15-16-17-18-19-20-21-22-23-25-28-32-46(52)55-41-44(42-56-47(53)33-29-34-49-35-37-50(38-36-49)39-40-51)43-57-48(54)45(30-26-12-9-6-3)31-27-24-14-11-8-5-2/h18-19,44-45,51H,4-17,20-43H2,1-3H3/b19-18-. The summed E-state index contributed by atoms with van der Waals surface area (Å²) in [5.74, 6) is -1.21. The number of β-amino-alcohol motifs (C(OH)–C–C–N with tert-alkyl or cyclic N) is 1. The van der Waals surface area contributed by atoms with E-state index in [2.05, 4.69) is 42.7 Å². The smallest absolute Gasteiger partial charge is 0.308 e. The molecule has 9 heteroatoms. The van der Waals surface area contributed by atoms with Crippen molar-refractivity contribution in [2.45, 2.75) is 201 Å². The van der Waals surface area contributed by atoms with Gasteiger partial charge in [-0.1, -0.05) is 148 Å². The molecule has 1 aliphatic rings. The number of aliphatic hydroxyl groups excluding tert-OH is 1. The van der Waals surface area contributed by atoms with Crippen molar-refractivity contribution in [2.75, 3.05) is 65.7 Å². The van der Waals surface area contributed by atoms with Crippen LogP contribution in [0.15, 0.2) is 12.2 Å². The molecule has 57 heavy (non-hydrogen) atoms. The number of hydrogen-bond acceptors (Lipinski definition) is 9. The number of carbonyl (C=O) groups excluding carboxylic acids is 3. The second kappa shape index (κ2) is 39.5. The third-order valence-corrected chi connectivity index (χ3v) is 11.4. The quantitative estimate of drug-likeness (QED) is 0.0280. The van der Waals surface area contributed by atoms with Crippen LogP contribution in [0.5, 0.6) is 0 Å². The molecule has 1 saturated heterocycles. The zero-order chi connectivity index (χ0) is 41.4. The van der Waals surface area contributed by atoms with Crippen LogP contribution in [0.25, 0.3) is 0 Å². The highest BCUT2D eigenvalue weighted by Crippen LogP contribution is 2.21. The van der Waals surface area contributed by atoms with Crippen LogP contribution in [0.4, 0.5) is 0 Å². The third kappa shape index (κ3) is 32.6. The average Bonchev–Trinajstić information content (AvgIpc) is 3.21. The topological polar surface area (TPSA) is 106 Å². The first-order valence-corrected chi connectivity index (χ1v) is 24.1. The molecule has 0 saturated carbocycles. The number of ether oxygens (including phenoxy) is 3. The van der Waals surface area contributed by atoms with Gasteiger partial charge >= 0.3 is 17.9 Å². The van der Waals surface area contributed by atoms with Crippen LogP contribution in [-0.4, -0.2) is 98.5 Å². The van der Waals surface area contributed by atoms with Gasteiger partial charge in [0.15, 0.2) is 0 Å². The van der Waals surface area contributed by atoms with Crippen LogP contribution >= 0.6 is 0 Å². The van der Waals surface area contributed by atoms with Crippen molar-refractivity contribution in [2.24, 2.45) is 11.8 Å². The number of aliphatic hydroxyl groups is 1. The lowest BCUT2D eigenvalue weighted by molar-refractivity contribution is -0.156. The van der Waals surface area contributed by atoms with Crippen molar-refractivity contribution in [3.63, 3.8) is 0 Å². The van der Waals surface area contributed by atoms with Crippen molar-refractivity contribution in [3.05, 3.63) is 12.2 Å². The average molecular weight is 807 g/mol. The Balaban J connectivity index is 2.52. The van der Waals surface area contributed by atoms with Crippen LogP contribution in [-0.2, 0) is 28.6 Å². The summed E-state index contributed by atoms with van der Waals surface area (Å²) in [5.41, 5.74) is 0. The van der Waals surface area contributed by atoms with Crippen molar-refractivity contribution in [1.29, 1.82) is 0 Å². The molecule has 1 N–H and O–H groups in total. The normalized spacial score (nSPS) is 14.9. The van der Waals surface area contributed by atoms with Gasteiger partial charge in [0.05, 0.1) is 18.4 Å². The van der Waals surface area contributed by atoms with Gasteiger partial charge in [-0.2, -0.15) is 0 Å². The largest absolute Gasteiger partial charge is 0.465 e. The molecule has 334 valence electrons. The van der Waals surface area contributed by atoms with Gasteiger partial charge in [-0.25, -0.2) is 0 Å². The lowest BCUT2D eigenvalue weighted by Gasteiger charge is -2.34. The zero-order valence-corrected chi connectivity index (χ0v) is 37.5. The van der Waals surface area contributed by atoms with E-state index in [-0.39, 0.29) is 50.3 Å². The Bertz CT molecular complexity index is 968. The van der Waals surface area contributed by atoms with E-state index < -0.39 is 5.92 Å². The second-order valence-corrected chi connectivity index (χ2v) is 16.8. The van der Waals surface area contributed by atoms with Gasteiger partial charge in [0.25, 0.3) is 0 Å². The molecule has 2 atom stereocenters. The van der Waals surface area contributed by atoms with E-state index in [0.29, 0.717) is 25.8 Å². The summed E-state index contributed by atoms with van der Waals surface area (Å²) < 4.78 is 17.3. The van der Waals surface area contributed by atoms with Gasteiger partial charge in [0.2, 0.25) is 0 Å². The molecular formula is C48H90N2O7. The lowest BCUT2D eigenvalue weighted by Crippen LogP contribution is -2.47. The van der Waals surface area contributed by atoms with Gasteiger partial charge in [-0.15, -0.1) is 0 Å². The summed E-state index contributed by atoms with van der Waals surface area (Å²) in [6.45, 7) is 12.3. The van der Waals surface area contributed by atoms with Crippen LogP contribution in [0.1, 0.15) is 201 Å². The minimum Gasteiger partial charge on any atom is -0.465 e. The molecule has 0 aromatic heterocycles. The predicted molar refractivity (Wildman–Crippen MR) is 235 cm³/mol. The first kappa shape index (κ1) is 53.0. The molecule has 0 aromatic carbocycles. The van der Waals surface area contributed by atoms with Crippen molar-refractivity contribution >= 4 is 17.9 Å².